The van der Waals surface area contributed by atoms with E-state index in [1.807, 2.05) is 0 Å². The van der Waals surface area contributed by atoms with E-state index in [1.54, 1.807) is 0 Å². The quantitative estimate of drug-likeness (QED) is 0.395. The smallest absolute Gasteiger partial charge is 0.545 e. The van der Waals surface area contributed by atoms with Crippen LogP contribution in [0.1, 0.15) is 20.7 Å². The number of rotatable bonds is 2. The van der Waals surface area contributed by atoms with Gasteiger partial charge in [0.05, 0.1) is 5.97 Å². The number of hydrogen-bond acceptors (Lipinski definition) is 3. The third-order valence-electron chi connectivity index (χ3n) is 1.36. The molecule has 62 valence electrons. The van der Waals surface area contributed by atoms with E-state index >= 15 is 0 Å². The average Bonchev–Trinajstić information content (AvgIpc) is 2.04. The molecule has 0 saturated heterocycles. The van der Waals surface area contributed by atoms with Crippen molar-refractivity contribution >= 4 is 22.8 Å². The van der Waals surface area contributed by atoms with Gasteiger partial charge < -0.3 is 9.90 Å². The summed E-state index contributed by atoms with van der Waals surface area (Å²) in [6.45, 7) is 0. The predicted molar refractivity (Wildman–Crippen MR) is 41.0 cm³/mol. The Labute approximate surface area is 102 Å². The molecule has 0 aliphatic carbocycles. The molecule has 0 radical (unpaired) electrons. The van der Waals surface area contributed by atoms with Crippen LogP contribution in [-0.4, -0.2) is 11.2 Å². The zero-order valence-corrected chi connectivity index (χ0v) is 9.67. The third kappa shape index (κ3) is 3.12. The molecule has 0 unspecified atom stereocenters. The molecule has 0 aromatic heterocycles. The molecule has 0 amide bonds. The summed E-state index contributed by atoms with van der Waals surface area (Å²) in [7, 11) is 0. The van der Waals surface area contributed by atoms with Crippen molar-refractivity contribution in [1.29, 1.82) is 0 Å². The van der Waals surface area contributed by atoms with Crippen LogP contribution in [0.15, 0.2) is 24.3 Å². The number of hydrogen-bond donors (Lipinski definition) is 0. The molecule has 0 atom stereocenters. The Kier molecular flexibility index (Phi) is 5.25. The fourth-order valence-corrected chi connectivity index (χ4v) is 0.997. The Morgan fingerprint density at radius 3 is 1.92 bits per heavy atom. The molecule has 0 heterocycles. The maximum Gasteiger partial charge on any atom is 1.00 e. The molecule has 3 nitrogen and oxygen atoms in total. The first kappa shape index (κ1) is 12.7. The Balaban J connectivity index is 0.00000144. The molecule has 1 aromatic rings. The standard InChI is InChI=1S/C8H5ClO3.Na/c9-7(10)5-3-1-2-4-6(5)8(11)12;/h1-4H,(H,11,12);/q;+1/p-1. The second-order valence-corrected chi connectivity index (χ2v) is 2.45. The fourth-order valence-electron chi connectivity index (χ4n) is 0.833. The van der Waals surface area contributed by atoms with Gasteiger partial charge in [-0.2, -0.15) is 0 Å². The number of halogens is 1. The molecule has 1 aromatic carbocycles. The van der Waals surface area contributed by atoms with Gasteiger partial charge in [0.15, 0.2) is 0 Å². The van der Waals surface area contributed by atoms with Crippen LogP contribution in [0.3, 0.4) is 0 Å². The van der Waals surface area contributed by atoms with Crippen LogP contribution in [0.4, 0.5) is 0 Å². The molecule has 0 spiro atoms. The van der Waals surface area contributed by atoms with Crippen molar-refractivity contribution in [2.24, 2.45) is 0 Å². The van der Waals surface area contributed by atoms with Crippen LogP contribution in [-0.2, 0) is 0 Å². The summed E-state index contributed by atoms with van der Waals surface area (Å²) < 4.78 is 0. The number of carbonyl (C=O) groups is 2. The summed E-state index contributed by atoms with van der Waals surface area (Å²) >= 11 is 5.12. The SMILES string of the molecule is O=C([O-])c1ccccc1C(=O)Cl.[Na+]. The molecule has 0 aliphatic heterocycles. The molecule has 13 heavy (non-hydrogen) atoms. The van der Waals surface area contributed by atoms with Gasteiger partial charge in [0.25, 0.3) is 5.24 Å². The molecule has 1 rings (SSSR count). The molecular formula is C8H4ClNaO3. The normalized spacial score (nSPS) is 8.69. The summed E-state index contributed by atoms with van der Waals surface area (Å²) in [4.78, 5) is 21.0. The zero-order valence-electron chi connectivity index (χ0n) is 6.91. The van der Waals surface area contributed by atoms with Gasteiger partial charge in [-0.05, 0) is 17.7 Å². The van der Waals surface area contributed by atoms with Crippen LogP contribution in [0.5, 0.6) is 0 Å². The van der Waals surface area contributed by atoms with Gasteiger partial charge in [-0.1, -0.05) is 18.2 Å². The minimum atomic E-state index is -1.40. The Morgan fingerprint density at radius 2 is 1.62 bits per heavy atom. The van der Waals surface area contributed by atoms with E-state index in [9.17, 15) is 14.7 Å². The van der Waals surface area contributed by atoms with Gasteiger partial charge in [0, 0.05) is 11.1 Å². The van der Waals surface area contributed by atoms with E-state index in [4.69, 9.17) is 11.6 Å². The van der Waals surface area contributed by atoms with E-state index in [0.29, 0.717) is 0 Å². The number of benzene rings is 1. The molecule has 0 aliphatic rings. The summed E-state index contributed by atoms with van der Waals surface area (Å²) in [6, 6.07) is 5.63. The molecule has 0 saturated carbocycles. The van der Waals surface area contributed by atoms with E-state index in [2.05, 4.69) is 0 Å². The molecule has 5 heteroatoms. The second kappa shape index (κ2) is 5.40. The molecule has 0 N–H and O–H groups in total. The van der Waals surface area contributed by atoms with E-state index < -0.39 is 11.2 Å². The predicted octanol–water partition coefficient (Wildman–Crippen LogP) is -2.57. The first-order chi connectivity index (χ1) is 5.63. The van der Waals surface area contributed by atoms with Crippen LogP contribution >= 0.6 is 11.6 Å². The van der Waals surface area contributed by atoms with Gasteiger partial charge in [0.2, 0.25) is 0 Å². The monoisotopic (exact) mass is 206 g/mol. The van der Waals surface area contributed by atoms with Crippen molar-refractivity contribution in [2.75, 3.05) is 0 Å². The topological polar surface area (TPSA) is 57.2 Å². The largest absolute Gasteiger partial charge is 1.00 e. The molecule has 0 fully saturated rings. The van der Waals surface area contributed by atoms with Gasteiger partial charge in [-0.25, -0.2) is 0 Å². The number of carboxylic acids is 1. The minimum Gasteiger partial charge on any atom is -0.545 e. The van der Waals surface area contributed by atoms with Crippen LogP contribution in [0, 0.1) is 0 Å². The summed E-state index contributed by atoms with van der Waals surface area (Å²) in [5.41, 5.74) is -0.225. The van der Waals surface area contributed by atoms with E-state index in [-0.39, 0.29) is 40.7 Å². The van der Waals surface area contributed by atoms with E-state index in [0.717, 1.165) is 0 Å². The van der Waals surface area contributed by atoms with Crippen molar-refractivity contribution < 1.29 is 44.3 Å². The van der Waals surface area contributed by atoms with Crippen LogP contribution in [0.25, 0.3) is 0 Å². The maximum absolute atomic E-state index is 10.6. The first-order valence-electron chi connectivity index (χ1n) is 3.13. The summed E-state index contributed by atoms with van der Waals surface area (Å²) in [6.07, 6.45) is 0. The van der Waals surface area contributed by atoms with Crippen molar-refractivity contribution in [1.82, 2.24) is 0 Å². The minimum absolute atomic E-state index is 0. The van der Waals surface area contributed by atoms with Gasteiger partial charge in [-0.3, -0.25) is 4.79 Å². The maximum atomic E-state index is 10.6. The average molecular weight is 207 g/mol. The summed E-state index contributed by atoms with van der Waals surface area (Å²) in [5, 5.41) is 9.61. The van der Waals surface area contributed by atoms with Crippen molar-refractivity contribution in [3.05, 3.63) is 35.4 Å². The van der Waals surface area contributed by atoms with Gasteiger partial charge in [-0.15, -0.1) is 0 Å². The van der Waals surface area contributed by atoms with Crippen LogP contribution < -0.4 is 34.7 Å². The summed E-state index contributed by atoms with van der Waals surface area (Å²) in [5.74, 6) is -1.40. The van der Waals surface area contributed by atoms with Gasteiger partial charge in [0.1, 0.15) is 0 Å². The fraction of sp³-hybridized carbons (Fsp3) is 0. The Hall–Kier alpha value is -0.350. The number of aromatic carboxylic acids is 1. The second-order valence-electron chi connectivity index (χ2n) is 2.11. The zero-order chi connectivity index (χ0) is 9.14. The van der Waals surface area contributed by atoms with Crippen molar-refractivity contribution in [2.45, 2.75) is 0 Å². The van der Waals surface area contributed by atoms with Gasteiger partial charge >= 0.3 is 29.6 Å². The Morgan fingerprint density at radius 1 is 1.15 bits per heavy atom. The van der Waals surface area contributed by atoms with Crippen LogP contribution in [0.2, 0.25) is 0 Å². The number of carboxylic acid groups (broad SMARTS) is 1. The third-order valence-corrected chi connectivity index (χ3v) is 1.56. The number of carbonyl (C=O) groups excluding carboxylic acids is 2. The first-order valence-corrected chi connectivity index (χ1v) is 3.51. The molecular weight excluding hydrogens is 203 g/mol. The van der Waals surface area contributed by atoms with E-state index in [1.165, 1.54) is 24.3 Å². The Bertz CT molecular complexity index is 305. The van der Waals surface area contributed by atoms with Crippen molar-refractivity contribution in [3.63, 3.8) is 0 Å². The molecule has 0 bridgehead atoms. The van der Waals surface area contributed by atoms with Crippen molar-refractivity contribution in [3.8, 4) is 0 Å².